The number of fused-ring (bicyclic) bond motifs is 1. The fraction of sp³-hybridized carbons (Fsp3) is 0.333. The number of ether oxygens (including phenoxy) is 2. The lowest BCUT2D eigenvalue weighted by molar-refractivity contribution is -0.127. The minimum absolute atomic E-state index is 0.0171. The molecule has 1 atom stereocenters. The summed E-state index contributed by atoms with van der Waals surface area (Å²) in [7, 11) is 0. The summed E-state index contributed by atoms with van der Waals surface area (Å²) in [4.78, 5) is 26.0. The summed E-state index contributed by atoms with van der Waals surface area (Å²) in [6.07, 6.45) is 6.90. The number of nitrogens with two attached hydrogens (primary N) is 1. The number of anilines is 1. The fourth-order valence-corrected chi connectivity index (χ4v) is 5.30. The Hall–Kier alpha value is -4.28. The largest absolute Gasteiger partial charge is 0.457 e. The molecular formula is C30H33N7O3. The van der Waals surface area contributed by atoms with Gasteiger partial charge in [0.25, 0.3) is 0 Å². The van der Waals surface area contributed by atoms with Crippen molar-refractivity contribution in [2.45, 2.75) is 18.9 Å². The van der Waals surface area contributed by atoms with Crippen molar-refractivity contribution in [1.29, 1.82) is 0 Å². The number of nitrogens with zero attached hydrogens (tertiary/aromatic N) is 6. The van der Waals surface area contributed by atoms with Gasteiger partial charge in [-0.3, -0.25) is 9.69 Å². The van der Waals surface area contributed by atoms with Gasteiger partial charge in [0.05, 0.1) is 24.6 Å². The lowest BCUT2D eigenvalue weighted by Gasteiger charge is -2.32. The van der Waals surface area contributed by atoms with Crippen molar-refractivity contribution >= 4 is 22.8 Å². The maximum absolute atomic E-state index is 13.0. The Morgan fingerprint density at radius 3 is 2.60 bits per heavy atom. The molecule has 0 bridgehead atoms. The van der Waals surface area contributed by atoms with E-state index in [0.717, 1.165) is 69.3 Å². The zero-order valence-corrected chi connectivity index (χ0v) is 22.4. The van der Waals surface area contributed by atoms with Crippen LogP contribution in [0, 0.1) is 0 Å². The number of amides is 1. The molecule has 10 nitrogen and oxygen atoms in total. The molecule has 0 radical (unpaired) electrons. The average molecular weight is 540 g/mol. The van der Waals surface area contributed by atoms with Gasteiger partial charge in [-0.25, -0.2) is 14.6 Å². The van der Waals surface area contributed by atoms with Crippen LogP contribution in [0.15, 0.2) is 73.1 Å². The van der Waals surface area contributed by atoms with Gasteiger partial charge in [-0.1, -0.05) is 24.3 Å². The van der Waals surface area contributed by atoms with E-state index in [1.165, 1.54) is 6.33 Å². The average Bonchev–Trinajstić information content (AvgIpc) is 3.40. The summed E-state index contributed by atoms with van der Waals surface area (Å²) in [5, 5.41) is 5.71. The van der Waals surface area contributed by atoms with Crippen LogP contribution >= 0.6 is 0 Å². The van der Waals surface area contributed by atoms with E-state index in [1.807, 2.05) is 70.3 Å². The SMILES string of the molecule is Nc1ncnc2c1c(-c1ccc(Oc3ccccc3)cc1)nn2[C@H]1CCCN(C(=O)/C=C/CN2CCOCC2)C1. The minimum atomic E-state index is -0.0171. The molecule has 1 amide bonds. The van der Waals surface area contributed by atoms with Crippen molar-refractivity contribution in [3.8, 4) is 22.8 Å². The minimum Gasteiger partial charge on any atom is -0.457 e. The lowest BCUT2D eigenvalue weighted by Crippen LogP contribution is -2.40. The predicted molar refractivity (Wildman–Crippen MR) is 153 cm³/mol. The summed E-state index contributed by atoms with van der Waals surface area (Å²) in [6, 6.07) is 17.4. The van der Waals surface area contributed by atoms with E-state index >= 15 is 0 Å². The Morgan fingerprint density at radius 1 is 1.02 bits per heavy atom. The molecule has 4 aromatic rings. The third-order valence-corrected chi connectivity index (χ3v) is 7.41. The molecule has 10 heteroatoms. The van der Waals surface area contributed by atoms with Crippen molar-refractivity contribution in [3.63, 3.8) is 0 Å². The number of para-hydroxylation sites is 1. The highest BCUT2D eigenvalue weighted by atomic mass is 16.5. The molecule has 2 aliphatic heterocycles. The van der Waals surface area contributed by atoms with E-state index in [0.29, 0.717) is 29.1 Å². The number of hydrogen-bond acceptors (Lipinski definition) is 8. The summed E-state index contributed by atoms with van der Waals surface area (Å²) >= 11 is 0. The van der Waals surface area contributed by atoms with Gasteiger partial charge < -0.3 is 20.1 Å². The number of hydrogen-bond donors (Lipinski definition) is 1. The lowest BCUT2D eigenvalue weighted by atomic mass is 10.1. The van der Waals surface area contributed by atoms with E-state index in [2.05, 4.69) is 14.9 Å². The predicted octanol–water partition coefficient (Wildman–Crippen LogP) is 3.92. The van der Waals surface area contributed by atoms with Gasteiger partial charge >= 0.3 is 0 Å². The number of piperidine rings is 1. The van der Waals surface area contributed by atoms with Crippen molar-refractivity contribution < 1.29 is 14.3 Å². The van der Waals surface area contributed by atoms with Crippen molar-refractivity contribution in [2.24, 2.45) is 0 Å². The first kappa shape index (κ1) is 26.0. The van der Waals surface area contributed by atoms with Crippen LogP contribution in [0.5, 0.6) is 11.5 Å². The standard InChI is InChI=1S/C30H33N7O3/c31-29-27-28(22-10-12-25(13-11-22)40-24-7-2-1-3-8-24)34-37(30(27)33-21-32-29)23-6-4-15-36(20-23)26(38)9-5-14-35-16-18-39-19-17-35/h1-3,5,7-13,21,23H,4,6,14-20H2,(H2,31,32,33)/b9-5+/t23-/m0/s1. The summed E-state index contributed by atoms with van der Waals surface area (Å²) in [6.45, 7) is 5.32. The number of rotatable bonds is 7. The number of aromatic nitrogens is 4. The molecule has 0 saturated carbocycles. The Morgan fingerprint density at radius 2 is 1.80 bits per heavy atom. The molecular weight excluding hydrogens is 506 g/mol. The third-order valence-electron chi connectivity index (χ3n) is 7.41. The van der Waals surface area contributed by atoms with Gasteiger partial charge in [0.2, 0.25) is 5.91 Å². The van der Waals surface area contributed by atoms with Crippen LogP contribution < -0.4 is 10.5 Å². The summed E-state index contributed by atoms with van der Waals surface area (Å²) in [5.41, 5.74) is 8.63. The first-order valence-corrected chi connectivity index (χ1v) is 13.7. The topological polar surface area (TPSA) is 112 Å². The molecule has 206 valence electrons. The maximum Gasteiger partial charge on any atom is 0.246 e. The Balaban J connectivity index is 1.21. The zero-order valence-electron chi connectivity index (χ0n) is 22.4. The van der Waals surface area contributed by atoms with Crippen LogP contribution in [0.3, 0.4) is 0 Å². The van der Waals surface area contributed by atoms with E-state index in [1.54, 1.807) is 6.08 Å². The van der Waals surface area contributed by atoms with Gasteiger partial charge in [-0.2, -0.15) is 5.10 Å². The number of carbonyl (C=O) groups excluding carboxylic acids is 1. The molecule has 0 spiro atoms. The summed E-state index contributed by atoms with van der Waals surface area (Å²) in [5.74, 6) is 1.91. The number of nitrogen functional groups attached to an aromatic ring is 1. The number of likely N-dealkylation sites (tertiary alicyclic amines) is 1. The van der Waals surface area contributed by atoms with Crippen molar-refractivity contribution in [1.82, 2.24) is 29.5 Å². The van der Waals surface area contributed by atoms with E-state index < -0.39 is 0 Å². The van der Waals surface area contributed by atoms with E-state index in [9.17, 15) is 4.79 Å². The molecule has 0 aliphatic carbocycles. The van der Waals surface area contributed by atoms with Crippen LogP contribution in [-0.2, 0) is 9.53 Å². The van der Waals surface area contributed by atoms with Crippen LogP contribution in [0.25, 0.3) is 22.3 Å². The monoisotopic (exact) mass is 539 g/mol. The Bertz CT molecular complexity index is 1480. The maximum atomic E-state index is 13.0. The highest BCUT2D eigenvalue weighted by Gasteiger charge is 2.28. The van der Waals surface area contributed by atoms with Gasteiger partial charge in [-0.15, -0.1) is 0 Å². The van der Waals surface area contributed by atoms with Gasteiger partial charge in [0, 0.05) is 44.4 Å². The van der Waals surface area contributed by atoms with Gasteiger partial charge in [0.1, 0.15) is 29.3 Å². The molecule has 2 aliphatic rings. The normalized spacial score (nSPS) is 18.4. The number of morpholine rings is 1. The molecule has 2 aromatic carbocycles. The molecule has 40 heavy (non-hydrogen) atoms. The molecule has 2 saturated heterocycles. The van der Waals surface area contributed by atoms with Crippen LogP contribution in [0.1, 0.15) is 18.9 Å². The van der Waals surface area contributed by atoms with Crippen LogP contribution in [0.2, 0.25) is 0 Å². The number of benzene rings is 2. The van der Waals surface area contributed by atoms with E-state index in [-0.39, 0.29) is 11.9 Å². The first-order chi connectivity index (χ1) is 19.7. The van der Waals surface area contributed by atoms with Gasteiger partial charge in [0.15, 0.2) is 5.65 Å². The molecule has 2 aromatic heterocycles. The summed E-state index contributed by atoms with van der Waals surface area (Å²) < 4.78 is 13.3. The molecule has 2 fully saturated rings. The second-order valence-corrected chi connectivity index (χ2v) is 10.1. The quantitative estimate of drug-likeness (QED) is 0.352. The highest BCUT2D eigenvalue weighted by molar-refractivity contribution is 5.98. The van der Waals surface area contributed by atoms with Crippen molar-refractivity contribution in [3.05, 3.63) is 73.1 Å². The van der Waals surface area contributed by atoms with E-state index in [4.69, 9.17) is 20.3 Å². The first-order valence-electron chi connectivity index (χ1n) is 13.7. The van der Waals surface area contributed by atoms with Gasteiger partial charge in [-0.05, 0) is 49.2 Å². The second-order valence-electron chi connectivity index (χ2n) is 10.1. The Labute approximate surface area is 233 Å². The molecule has 0 unspecified atom stereocenters. The van der Waals surface area contributed by atoms with Crippen LogP contribution in [-0.4, -0.2) is 81.4 Å². The fourth-order valence-electron chi connectivity index (χ4n) is 5.30. The third kappa shape index (κ3) is 5.68. The molecule has 4 heterocycles. The molecule has 6 rings (SSSR count). The smallest absolute Gasteiger partial charge is 0.246 e. The van der Waals surface area contributed by atoms with Crippen LogP contribution in [0.4, 0.5) is 5.82 Å². The van der Waals surface area contributed by atoms with Crippen molar-refractivity contribution in [2.75, 3.05) is 51.7 Å². The highest BCUT2D eigenvalue weighted by Crippen LogP contribution is 2.34. The second kappa shape index (κ2) is 11.8. The zero-order chi connectivity index (χ0) is 27.3. The molecule has 2 N–H and O–H groups in total. The Kier molecular flexibility index (Phi) is 7.69. The number of carbonyl (C=O) groups is 1.